The fourth-order valence-corrected chi connectivity index (χ4v) is 1.22. The molecule has 1 rings (SSSR count). The van der Waals surface area contributed by atoms with Gasteiger partial charge in [-0.15, -0.1) is 0 Å². The summed E-state index contributed by atoms with van der Waals surface area (Å²) in [6.45, 7) is 3.76. The van der Waals surface area contributed by atoms with E-state index in [1.807, 2.05) is 12.1 Å². The van der Waals surface area contributed by atoms with E-state index in [1.165, 1.54) is 5.56 Å². The van der Waals surface area contributed by atoms with Crippen molar-refractivity contribution in [3.8, 4) is 0 Å². The van der Waals surface area contributed by atoms with Crippen molar-refractivity contribution < 1.29 is 5.11 Å². The van der Waals surface area contributed by atoms with Gasteiger partial charge in [-0.25, -0.2) is 0 Å². The maximum atomic E-state index is 9.03. The highest BCUT2D eigenvalue weighted by molar-refractivity contribution is 5.22. The average Bonchev–Trinajstić information content (AvgIpc) is 2.18. The van der Waals surface area contributed by atoms with Crippen molar-refractivity contribution in [2.24, 2.45) is 5.73 Å². The van der Waals surface area contributed by atoms with Crippen LogP contribution in [0.2, 0.25) is 0 Å². The summed E-state index contributed by atoms with van der Waals surface area (Å²) in [5.74, 6) is 0. The van der Waals surface area contributed by atoms with Crippen LogP contribution >= 0.6 is 0 Å². The molecule has 0 amide bonds. The molecule has 1 aromatic carbocycles. The summed E-state index contributed by atoms with van der Waals surface area (Å²) in [5.41, 5.74) is 7.84. The van der Waals surface area contributed by atoms with E-state index in [0.717, 1.165) is 12.1 Å². The second-order valence-corrected chi connectivity index (χ2v) is 3.50. The monoisotopic (exact) mass is 194 g/mol. The highest BCUT2D eigenvalue weighted by Crippen LogP contribution is 2.03. The lowest BCUT2D eigenvalue weighted by atomic mass is 10.1. The normalized spacial score (nSPS) is 12.8. The molecular formula is C11H18N2O. The SMILES string of the molecule is CC(O)CNCc1ccc(CN)cc1. The summed E-state index contributed by atoms with van der Waals surface area (Å²) < 4.78 is 0. The molecule has 0 bridgehead atoms. The molecule has 0 saturated carbocycles. The molecule has 0 aliphatic heterocycles. The first kappa shape index (κ1) is 11.2. The Morgan fingerprint density at radius 1 is 1.29 bits per heavy atom. The van der Waals surface area contributed by atoms with E-state index in [2.05, 4.69) is 17.4 Å². The third-order valence-corrected chi connectivity index (χ3v) is 2.03. The van der Waals surface area contributed by atoms with Gasteiger partial charge in [-0.3, -0.25) is 0 Å². The molecule has 14 heavy (non-hydrogen) atoms. The smallest absolute Gasteiger partial charge is 0.0636 e. The van der Waals surface area contributed by atoms with Gasteiger partial charge in [0.25, 0.3) is 0 Å². The Balaban J connectivity index is 2.36. The van der Waals surface area contributed by atoms with Crippen molar-refractivity contribution >= 4 is 0 Å². The Kier molecular flexibility index (Phi) is 4.59. The van der Waals surface area contributed by atoms with Gasteiger partial charge in [0.15, 0.2) is 0 Å². The molecule has 3 nitrogen and oxygen atoms in total. The van der Waals surface area contributed by atoms with E-state index in [9.17, 15) is 0 Å². The predicted octanol–water partition coefficient (Wildman–Crippen LogP) is 0.616. The quantitative estimate of drug-likeness (QED) is 0.644. The molecule has 4 N–H and O–H groups in total. The van der Waals surface area contributed by atoms with Crippen LogP contribution in [0, 0.1) is 0 Å². The van der Waals surface area contributed by atoms with Gasteiger partial charge < -0.3 is 16.2 Å². The number of hydrogen-bond acceptors (Lipinski definition) is 3. The van der Waals surface area contributed by atoms with Gasteiger partial charge in [-0.1, -0.05) is 24.3 Å². The maximum Gasteiger partial charge on any atom is 0.0636 e. The van der Waals surface area contributed by atoms with E-state index < -0.39 is 0 Å². The lowest BCUT2D eigenvalue weighted by Gasteiger charge is -2.07. The first-order valence-corrected chi connectivity index (χ1v) is 4.89. The number of benzene rings is 1. The van der Waals surface area contributed by atoms with Crippen molar-refractivity contribution in [1.82, 2.24) is 5.32 Å². The molecule has 0 saturated heterocycles. The largest absolute Gasteiger partial charge is 0.392 e. The van der Waals surface area contributed by atoms with Crippen LogP contribution in [0.15, 0.2) is 24.3 Å². The standard InChI is InChI=1S/C11H18N2O/c1-9(14)7-13-8-11-4-2-10(6-12)3-5-11/h2-5,9,13-14H,6-8,12H2,1H3. The second-order valence-electron chi connectivity index (χ2n) is 3.50. The first-order valence-electron chi connectivity index (χ1n) is 4.89. The maximum absolute atomic E-state index is 9.03. The molecule has 0 aliphatic carbocycles. The van der Waals surface area contributed by atoms with Gasteiger partial charge in [0, 0.05) is 19.6 Å². The molecule has 0 spiro atoms. The average molecular weight is 194 g/mol. The van der Waals surface area contributed by atoms with Gasteiger partial charge in [0.05, 0.1) is 6.10 Å². The lowest BCUT2D eigenvalue weighted by Crippen LogP contribution is -2.23. The van der Waals surface area contributed by atoms with Crippen LogP contribution in [0.5, 0.6) is 0 Å². The number of hydrogen-bond donors (Lipinski definition) is 3. The van der Waals surface area contributed by atoms with Crippen LogP contribution in [-0.4, -0.2) is 17.8 Å². The van der Waals surface area contributed by atoms with Crippen LogP contribution in [0.25, 0.3) is 0 Å². The third kappa shape index (κ3) is 3.87. The predicted molar refractivity (Wildman–Crippen MR) is 57.7 cm³/mol. The Morgan fingerprint density at radius 2 is 1.86 bits per heavy atom. The van der Waals surface area contributed by atoms with Gasteiger partial charge in [0.1, 0.15) is 0 Å². The van der Waals surface area contributed by atoms with E-state index in [4.69, 9.17) is 10.8 Å². The Bertz CT molecular complexity index is 256. The molecule has 0 fully saturated rings. The van der Waals surface area contributed by atoms with E-state index in [-0.39, 0.29) is 6.10 Å². The van der Waals surface area contributed by atoms with Crippen LogP contribution in [-0.2, 0) is 13.1 Å². The molecule has 1 atom stereocenters. The van der Waals surface area contributed by atoms with Crippen molar-refractivity contribution in [1.29, 1.82) is 0 Å². The molecule has 0 aromatic heterocycles. The van der Waals surface area contributed by atoms with Gasteiger partial charge in [-0.05, 0) is 18.1 Å². The number of nitrogens with one attached hydrogen (secondary N) is 1. The van der Waals surface area contributed by atoms with Gasteiger partial charge >= 0.3 is 0 Å². The second kappa shape index (κ2) is 5.75. The van der Waals surface area contributed by atoms with Gasteiger partial charge in [0.2, 0.25) is 0 Å². The first-order chi connectivity index (χ1) is 6.72. The van der Waals surface area contributed by atoms with E-state index in [0.29, 0.717) is 13.1 Å². The topological polar surface area (TPSA) is 58.3 Å². The molecular weight excluding hydrogens is 176 g/mol. The number of nitrogens with two attached hydrogens (primary N) is 1. The Labute approximate surface area is 84.9 Å². The molecule has 1 aromatic rings. The highest BCUT2D eigenvalue weighted by atomic mass is 16.3. The molecule has 0 radical (unpaired) electrons. The number of rotatable bonds is 5. The van der Waals surface area contributed by atoms with Gasteiger partial charge in [-0.2, -0.15) is 0 Å². The number of aliphatic hydroxyl groups excluding tert-OH is 1. The van der Waals surface area contributed by atoms with Crippen molar-refractivity contribution in [2.75, 3.05) is 6.54 Å². The summed E-state index contributed by atoms with van der Waals surface area (Å²) in [6, 6.07) is 8.16. The zero-order valence-electron chi connectivity index (χ0n) is 8.53. The van der Waals surface area contributed by atoms with Crippen molar-refractivity contribution in [3.05, 3.63) is 35.4 Å². The van der Waals surface area contributed by atoms with E-state index in [1.54, 1.807) is 6.92 Å². The van der Waals surface area contributed by atoms with Crippen molar-refractivity contribution in [3.63, 3.8) is 0 Å². The fourth-order valence-electron chi connectivity index (χ4n) is 1.22. The summed E-state index contributed by atoms with van der Waals surface area (Å²) in [6.07, 6.45) is -0.293. The third-order valence-electron chi connectivity index (χ3n) is 2.03. The molecule has 78 valence electrons. The fraction of sp³-hybridized carbons (Fsp3) is 0.455. The summed E-state index contributed by atoms with van der Waals surface area (Å²) >= 11 is 0. The minimum absolute atomic E-state index is 0.293. The van der Waals surface area contributed by atoms with E-state index >= 15 is 0 Å². The van der Waals surface area contributed by atoms with Crippen LogP contribution in [0.4, 0.5) is 0 Å². The zero-order chi connectivity index (χ0) is 10.4. The van der Waals surface area contributed by atoms with Crippen LogP contribution < -0.4 is 11.1 Å². The summed E-state index contributed by atoms with van der Waals surface area (Å²) in [7, 11) is 0. The molecule has 1 unspecified atom stereocenters. The number of aliphatic hydroxyl groups is 1. The minimum atomic E-state index is -0.293. The zero-order valence-corrected chi connectivity index (χ0v) is 8.53. The molecule has 0 aliphatic rings. The Hall–Kier alpha value is -0.900. The highest BCUT2D eigenvalue weighted by Gasteiger charge is 1.96. The molecule has 3 heteroatoms. The minimum Gasteiger partial charge on any atom is -0.392 e. The van der Waals surface area contributed by atoms with Crippen LogP contribution in [0.3, 0.4) is 0 Å². The van der Waals surface area contributed by atoms with Crippen LogP contribution in [0.1, 0.15) is 18.1 Å². The molecule has 0 heterocycles. The summed E-state index contributed by atoms with van der Waals surface area (Å²) in [4.78, 5) is 0. The summed E-state index contributed by atoms with van der Waals surface area (Å²) in [5, 5.41) is 12.2. The Morgan fingerprint density at radius 3 is 2.36 bits per heavy atom. The lowest BCUT2D eigenvalue weighted by molar-refractivity contribution is 0.191. The van der Waals surface area contributed by atoms with Crippen molar-refractivity contribution in [2.45, 2.75) is 26.1 Å².